The average molecular weight is 316 g/mol. The molecule has 1 fully saturated rings. The van der Waals surface area contributed by atoms with Gasteiger partial charge in [0.1, 0.15) is 12.1 Å². The topological polar surface area (TPSA) is 99.2 Å². The van der Waals surface area contributed by atoms with E-state index in [1.54, 1.807) is 11.8 Å². The quantitative estimate of drug-likeness (QED) is 0.835. The van der Waals surface area contributed by atoms with Crippen molar-refractivity contribution in [1.82, 2.24) is 25.1 Å². The molecule has 1 aromatic heterocycles. The number of aromatic nitrogens is 4. The first-order valence-electron chi connectivity index (χ1n) is 7.55. The predicted octanol–water partition coefficient (Wildman–Crippen LogP) is 0.0251. The van der Waals surface area contributed by atoms with Crippen LogP contribution < -0.4 is 10.5 Å². The smallest absolute Gasteiger partial charge is 0.224 e. The van der Waals surface area contributed by atoms with Crippen molar-refractivity contribution in [3.63, 3.8) is 0 Å². The van der Waals surface area contributed by atoms with E-state index in [0.717, 1.165) is 11.3 Å². The van der Waals surface area contributed by atoms with Crippen LogP contribution in [0.2, 0.25) is 0 Å². The molecule has 1 saturated heterocycles. The maximum atomic E-state index is 12.3. The summed E-state index contributed by atoms with van der Waals surface area (Å²) in [5.41, 5.74) is 7.37. The zero-order valence-corrected chi connectivity index (χ0v) is 13.0. The van der Waals surface area contributed by atoms with Crippen molar-refractivity contribution in [3.8, 4) is 5.75 Å². The van der Waals surface area contributed by atoms with E-state index in [4.69, 9.17) is 10.5 Å². The Labute approximate surface area is 134 Å². The minimum absolute atomic E-state index is 0.0552. The third-order valence-electron chi connectivity index (χ3n) is 4.21. The van der Waals surface area contributed by atoms with Crippen LogP contribution in [0.15, 0.2) is 30.6 Å². The molecule has 0 aliphatic carbocycles. The average Bonchev–Trinajstić information content (AvgIpc) is 3.22. The van der Waals surface area contributed by atoms with Crippen molar-refractivity contribution < 1.29 is 9.53 Å². The molecule has 1 aromatic carbocycles. The fourth-order valence-corrected chi connectivity index (χ4v) is 2.89. The van der Waals surface area contributed by atoms with Gasteiger partial charge in [0.2, 0.25) is 5.91 Å². The molecule has 23 heavy (non-hydrogen) atoms. The van der Waals surface area contributed by atoms with Crippen molar-refractivity contribution in [2.45, 2.75) is 24.9 Å². The molecule has 0 saturated carbocycles. The van der Waals surface area contributed by atoms with Crippen molar-refractivity contribution >= 4 is 5.91 Å². The fraction of sp³-hybridized carbons (Fsp3) is 0.467. The summed E-state index contributed by atoms with van der Waals surface area (Å²) in [5.74, 6) is 1.04. The number of rotatable bonds is 5. The van der Waals surface area contributed by atoms with Crippen LogP contribution in [0.1, 0.15) is 17.9 Å². The maximum Gasteiger partial charge on any atom is 0.224 e. The summed E-state index contributed by atoms with van der Waals surface area (Å²) in [6, 6.07) is 7.81. The van der Waals surface area contributed by atoms with Crippen molar-refractivity contribution in [2.24, 2.45) is 5.73 Å². The molecule has 1 amide bonds. The van der Waals surface area contributed by atoms with Crippen LogP contribution in [-0.2, 0) is 11.3 Å². The maximum absolute atomic E-state index is 12.3. The van der Waals surface area contributed by atoms with E-state index in [1.165, 1.54) is 6.33 Å². The number of tetrazole rings is 1. The molecule has 8 heteroatoms. The molecule has 2 N–H and O–H groups in total. The van der Waals surface area contributed by atoms with Gasteiger partial charge < -0.3 is 15.4 Å². The van der Waals surface area contributed by atoms with Crippen LogP contribution in [0.4, 0.5) is 0 Å². The second kappa shape index (κ2) is 6.74. The molecule has 0 spiro atoms. The highest BCUT2D eigenvalue weighted by molar-refractivity contribution is 5.76. The van der Waals surface area contributed by atoms with E-state index >= 15 is 0 Å². The minimum Gasteiger partial charge on any atom is -0.497 e. The number of aryl methyl sites for hydroxylation is 1. The van der Waals surface area contributed by atoms with Gasteiger partial charge in [-0.15, -0.1) is 5.10 Å². The molecular weight excluding hydrogens is 296 g/mol. The summed E-state index contributed by atoms with van der Waals surface area (Å²) in [5, 5.41) is 10.9. The van der Waals surface area contributed by atoms with Gasteiger partial charge >= 0.3 is 0 Å². The largest absolute Gasteiger partial charge is 0.497 e. The van der Waals surface area contributed by atoms with Gasteiger partial charge in [0.05, 0.1) is 13.7 Å². The zero-order valence-electron chi connectivity index (χ0n) is 13.0. The molecule has 2 aromatic rings. The first kappa shape index (κ1) is 15.4. The van der Waals surface area contributed by atoms with Crippen LogP contribution in [-0.4, -0.2) is 57.3 Å². The normalized spacial score (nSPS) is 20.7. The Kier molecular flexibility index (Phi) is 4.52. The number of nitrogens with zero attached hydrogens (tertiary/aromatic N) is 5. The number of likely N-dealkylation sites (tertiary alicyclic amines) is 1. The van der Waals surface area contributed by atoms with Crippen LogP contribution >= 0.6 is 0 Å². The summed E-state index contributed by atoms with van der Waals surface area (Å²) < 4.78 is 6.72. The summed E-state index contributed by atoms with van der Waals surface area (Å²) in [4.78, 5) is 14.2. The summed E-state index contributed by atoms with van der Waals surface area (Å²) in [7, 11) is 1.64. The van der Waals surface area contributed by atoms with Crippen LogP contribution in [0.3, 0.4) is 0 Å². The van der Waals surface area contributed by atoms with Crippen molar-refractivity contribution in [1.29, 1.82) is 0 Å². The Morgan fingerprint density at radius 3 is 2.78 bits per heavy atom. The number of ether oxygens (including phenoxy) is 1. The second-order valence-electron chi connectivity index (χ2n) is 5.67. The van der Waals surface area contributed by atoms with Gasteiger partial charge in [-0.3, -0.25) is 4.79 Å². The lowest BCUT2D eigenvalue weighted by Gasteiger charge is -2.16. The molecule has 3 rings (SSSR count). The number of hydrogen-bond acceptors (Lipinski definition) is 6. The van der Waals surface area contributed by atoms with E-state index in [0.29, 0.717) is 26.1 Å². The Hall–Kier alpha value is -2.48. The van der Waals surface area contributed by atoms with Gasteiger partial charge in [0.25, 0.3) is 0 Å². The number of hydrogen-bond donors (Lipinski definition) is 1. The van der Waals surface area contributed by atoms with E-state index in [-0.39, 0.29) is 17.9 Å². The lowest BCUT2D eigenvalue weighted by atomic mass is 9.95. The van der Waals surface area contributed by atoms with Gasteiger partial charge in [0.15, 0.2) is 0 Å². The van der Waals surface area contributed by atoms with E-state index < -0.39 is 0 Å². The Bertz CT molecular complexity index is 642. The van der Waals surface area contributed by atoms with E-state index in [1.807, 2.05) is 29.2 Å². The Balaban J connectivity index is 1.59. The number of benzene rings is 1. The summed E-state index contributed by atoms with van der Waals surface area (Å²) in [6.07, 6.45) is 1.87. The molecular formula is C15H20N6O2. The van der Waals surface area contributed by atoms with Gasteiger partial charge in [-0.25, -0.2) is 4.68 Å². The minimum atomic E-state index is -0.0552. The van der Waals surface area contributed by atoms with Gasteiger partial charge in [0, 0.05) is 31.5 Å². The first-order valence-corrected chi connectivity index (χ1v) is 7.55. The molecule has 0 radical (unpaired) electrons. The highest BCUT2D eigenvalue weighted by atomic mass is 16.5. The number of carbonyl (C=O) groups excluding carboxylic acids is 1. The molecule has 2 heterocycles. The fourth-order valence-electron chi connectivity index (χ4n) is 2.89. The Morgan fingerprint density at radius 2 is 2.13 bits per heavy atom. The predicted molar refractivity (Wildman–Crippen MR) is 82.7 cm³/mol. The summed E-state index contributed by atoms with van der Waals surface area (Å²) in [6.45, 7) is 1.69. The number of amides is 1. The molecule has 2 atom stereocenters. The molecule has 0 bridgehead atoms. The van der Waals surface area contributed by atoms with Crippen LogP contribution in [0.5, 0.6) is 5.75 Å². The van der Waals surface area contributed by atoms with Gasteiger partial charge in [-0.05, 0) is 28.1 Å². The number of carbonyl (C=O) groups is 1. The van der Waals surface area contributed by atoms with E-state index in [9.17, 15) is 4.79 Å². The van der Waals surface area contributed by atoms with Gasteiger partial charge in [-0.2, -0.15) is 0 Å². The van der Waals surface area contributed by atoms with Crippen molar-refractivity contribution in [2.75, 3.05) is 20.2 Å². The monoisotopic (exact) mass is 316 g/mol. The molecule has 1 aliphatic heterocycles. The first-order chi connectivity index (χ1) is 11.2. The van der Waals surface area contributed by atoms with Crippen molar-refractivity contribution in [3.05, 3.63) is 36.2 Å². The van der Waals surface area contributed by atoms with Crippen LogP contribution in [0.25, 0.3) is 0 Å². The Morgan fingerprint density at radius 1 is 1.35 bits per heavy atom. The van der Waals surface area contributed by atoms with Crippen LogP contribution in [0, 0.1) is 0 Å². The molecule has 8 nitrogen and oxygen atoms in total. The molecule has 1 aliphatic rings. The van der Waals surface area contributed by atoms with E-state index in [2.05, 4.69) is 15.5 Å². The SMILES string of the molecule is COc1ccc([C@@H]2CN(C(=O)CCn3cnnn3)C[C@H]2N)cc1. The number of nitrogens with two attached hydrogens (primary N) is 1. The third kappa shape index (κ3) is 3.48. The zero-order chi connectivity index (χ0) is 16.2. The lowest BCUT2D eigenvalue weighted by molar-refractivity contribution is -0.130. The highest BCUT2D eigenvalue weighted by Crippen LogP contribution is 2.28. The summed E-state index contributed by atoms with van der Waals surface area (Å²) >= 11 is 0. The third-order valence-corrected chi connectivity index (χ3v) is 4.21. The standard InChI is InChI=1S/C15H20N6O2/c1-23-12-4-2-11(3-5-12)13-8-20(9-14(13)16)15(22)6-7-21-10-17-18-19-21/h2-5,10,13-14H,6-9,16H2,1H3/t13-,14+/m0/s1. The highest BCUT2D eigenvalue weighted by Gasteiger charge is 2.33. The molecule has 0 unspecified atom stereocenters. The molecule has 122 valence electrons. The number of methoxy groups -OCH3 is 1. The lowest BCUT2D eigenvalue weighted by Crippen LogP contribution is -2.32. The van der Waals surface area contributed by atoms with Gasteiger partial charge in [-0.1, -0.05) is 12.1 Å². The second-order valence-corrected chi connectivity index (χ2v) is 5.67.